The van der Waals surface area contributed by atoms with E-state index in [4.69, 9.17) is 37.7 Å². The average molecular weight is 1520 g/mol. The number of hydrogen-bond acceptors (Lipinski definition) is 23. The number of aromatic nitrogens is 11. The molecule has 2 atom stereocenters. The molecule has 576 valence electrons. The molecule has 27 nitrogen and oxygen atoms in total. The molecule has 0 radical (unpaired) electrons. The normalized spacial score (nSPS) is 15.9. The first-order valence-electron chi connectivity index (χ1n) is 38.3. The molecule has 3 saturated heterocycles. The Hall–Kier alpha value is -12.7. The molecule has 4 aliphatic heterocycles. The molecule has 0 saturated carbocycles. The van der Waals surface area contributed by atoms with Crippen LogP contribution in [0.5, 0.6) is 11.5 Å². The van der Waals surface area contributed by atoms with Gasteiger partial charge >= 0.3 is 0 Å². The first-order valence-corrected chi connectivity index (χ1v) is 38.3. The van der Waals surface area contributed by atoms with Gasteiger partial charge in [0.25, 0.3) is 22.2 Å². The summed E-state index contributed by atoms with van der Waals surface area (Å²) < 4.78 is 34.2. The fourth-order valence-electron chi connectivity index (χ4n) is 14.8. The van der Waals surface area contributed by atoms with Crippen molar-refractivity contribution in [2.45, 2.75) is 65.5 Å². The van der Waals surface area contributed by atoms with Crippen molar-refractivity contribution < 1.29 is 22.7 Å². The topological polar surface area (TPSA) is 283 Å². The SMILES string of the molecule is CCc1nc2ccc(-c3cc(=O)n4cc(N5CCNCC5)ccc4n3)cc2o1.CCc1nc2ccc(-c3cc(=O)n4cc(N5CCN[C@@H](C)C5)ccc4n3)cc2o1.COc1ccc(-c2cc(=O)n3cc(C4=CCCNC4)ccc3n2)cc1OC.Cc1nc2ccc(-c3cc(=O)n4cc(N5CC[C@@H](N(C)C)C5)ccc4n3)cc2o1. The Kier molecular flexibility index (Phi) is 21.3. The van der Waals surface area contributed by atoms with Gasteiger partial charge in [-0.15, -0.1) is 0 Å². The number of ether oxygens (including phenoxy) is 2. The van der Waals surface area contributed by atoms with Gasteiger partial charge in [0.05, 0.1) is 54.1 Å². The number of fused-ring (bicyclic) bond motifs is 7. The third-order valence-corrected chi connectivity index (χ3v) is 21.0. The minimum absolute atomic E-state index is 0.0935. The number of piperazine rings is 2. The van der Waals surface area contributed by atoms with E-state index in [9.17, 15) is 19.2 Å². The highest BCUT2D eigenvalue weighted by molar-refractivity contribution is 5.82. The summed E-state index contributed by atoms with van der Waals surface area (Å²) in [6.07, 6.45) is 13.4. The Labute approximate surface area is 649 Å². The smallest absolute Gasteiger partial charge is 0.258 e. The zero-order valence-electron chi connectivity index (χ0n) is 64.4. The summed E-state index contributed by atoms with van der Waals surface area (Å²) in [5.74, 6) is 3.27. The number of rotatable bonds is 13. The Bertz CT molecular complexity index is 6370. The van der Waals surface area contributed by atoms with E-state index >= 15 is 0 Å². The van der Waals surface area contributed by atoms with Gasteiger partial charge in [0.1, 0.15) is 39.1 Å². The van der Waals surface area contributed by atoms with E-state index in [1.165, 1.54) is 5.57 Å². The Morgan fingerprint density at radius 2 is 0.894 bits per heavy atom. The van der Waals surface area contributed by atoms with Gasteiger partial charge in [-0.2, -0.15) is 0 Å². The number of anilines is 3. The fourth-order valence-corrected chi connectivity index (χ4v) is 14.8. The molecule has 15 aromatic rings. The Balaban J connectivity index is 0.000000114. The molecule has 0 bridgehead atoms. The van der Waals surface area contributed by atoms with Crippen LogP contribution >= 0.6 is 0 Å². The molecule has 0 unspecified atom stereocenters. The lowest BCUT2D eigenvalue weighted by Crippen LogP contribution is -2.49. The number of hydrogen-bond donors (Lipinski definition) is 3. The molecule has 0 aliphatic carbocycles. The average Bonchev–Trinajstić information content (AvgIpc) is 1.77. The Morgan fingerprint density at radius 3 is 1.36 bits per heavy atom. The van der Waals surface area contributed by atoms with Gasteiger partial charge in [0, 0.05) is 169 Å². The lowest BCUT2D eigenvalue weighted by molar-refractivity contribution is 0.315. The van der Waals surface area contributed by atoms with Crippen LogP contribution in [0.3, 0.4) is 0 Å². The molecule has 0 amide bonds. The summed E-state index contributed by atoms with van der Waals surface area (Å²) in [6, 6.07) is 45.7. The lowest BCUT2D eigenvalue weighted by atomic mass is 10.0. The van der Waals surface area contributed by atoms with Crippen LogP contribution in [0, 0.1) is 6.92 Å². The second kappa shape index (κ2) is 32.3. The van der Waals surface area contributed by atoms with E-state index in [1.807, 2.05) is 167 Å². The van der Waals surface area contributed by atoms with E-state index in [-0.39, 0.29) is 22.2 Å². The van der Waals surface area contributed by atoms with Crippen molar-refractivity contribution in [2.24, 2.45) is 0 Å². The van der Waals surface area contributed by atoms with Gasteiger partial charge < -0.3 is 58.3 Å². The van der Waals surface area contributed by atoms with Crippen LogP contribution in [-0.2, 0) is 12.8 Å². The first-order chi connectivity index (χ1) is 55.0. The second-order valence-electron chi connectivity index (χ2n) is 28.8. The van der Waals surface area contributed by atoms with Crippen molar-refractivity contribution in [3.63, 3.8) is 0 Å². The van der Waals surface area contributed by atoms with Crippen molar-refractivity contribution in [1.82, 2.24) is 73.3 Å². The first kappa shape index (κ1) is 74.4. The molecule has 113 heavy (non-hydrogen) atoms. The molecule has 27 heteroatoms. The fraction of sp³-hybridized carbons (Fsp3) is 0.291. The predicted octanol–water partition coefficient (Wildman–Crippen LogP) is 11.0. The van der Waals surface area contributed by atoms with Crippen molar-refractivity contribution >= 4 is 78.5 Å². The van der Waals surface area contributed by atoms with E-state index in [0.29, 0.717) is 103 Å². The summed E-state index contributed by atoms with van der Waals surface area (Å²) >= 11 is 0. The number of aryl methyl sites for hydroxylation is 3. The highest BCUT2D eigenvalue weighted by Gasteiger charge is 2.26. The predicted molar refractivity (Wildman–Crippen MR) is 441 cm³/mol. The molecular weight excluding hydrogens is 1430 g/mol. The summed E-state index contributed by atoms with van der Waals surface area (Å²) in [5, 5.41) is 10.1. The van der Waals surface area contributed by atoms with Crippen LogP contribution < -0.4 is 62.4 Å². The van der Waals surface area contributed by atoms with Crippen molar-refractivity contribution in [3.8, 4) is 56.5 Å². The summed E-state index contributed by atoms with van der Waals surface area (Å²) in [7, 11) is 7.40. The summed E-state index contributed by atoms with van der Waals surface area (Å²) in [4.78, 5) is 92.3. The molecule has 0 spiro atoms. The molecule has 3 N–H and O–H groups in total. The van der Waals surface area contributed by atoms with Gasteiger partial charge in [-0.3, -0.25) is 36.8 Å². The number of likely N-dealkylation sites (N-methyl/N-ethyl adjacent to an activating group) is 1. The maximum absolute atomic E-state index is 12.8. The molecule has 4 aromatic carbocycles. The summed E-state index contributed by atoms with van der Waals surface area (Å²) in [6.45, 7) is 18.3. The van der Waals surface area contributed by atoms with Crippen LogP contribution in [0.25, 0.3) is 106 Å². The molecule has 19 rings (SSSR count). The number of nitrogens with one attached hydrogen (secondary N) is 3. The maximum atomic E-state index is 12.8. The molecule has 3 fully saturated rings. The Morgan fingerprint density at radius 1 is 0.451 bits per heavy atom. The van der Waals surface area contributed by atoms with Gasteiger partial charge in [0.2, 0.25) is 0 Å². The standard InChI is InChI=1S/2C22H23N5O2.C21H21N5O2.C21H21N3O3/c1-14-23-18-6-4-15(10-20(18)29-14)19-11-22(28)27-13-17(5-7-21(27)24-19)26-9-8-16(12-26)25(2)3;1-3-21-25-17-6-4-15(10-19(17)29-21)18-11-22(28)27-13-16(5-7-20(27)24-18)26-9-8-23-14(2)12-26;1-2-20-24-16-5-3-14(11-18(16)28-20)17-12-21(27)26-13-15(4-6-19(26)23-17)25-9-7-22-8-10-25;1-26-18-7-5-14(10-19(18)27-2)17-11-21(25)24-13-16(6-8-20(24)23-17)15-4-3-9-22-12-15/h4-7,10-11,13,16H,8-9,12H2,1-3H3;4-7,10-11,13-14,23H,3,8-9,12H2,1-2H3;3-6,11-13,22H,2,7-10H2,1H3;4-8,10-11,13,22H,3,9,12H2,1-2H3/t16-;14-;;/m10../s1. The van der Waals surface area contributed by atoms with Gasteiger partial charge in [-0.1, -0.05) is 38.1 Å². The van der Waals surface area contributed by atoms with Crippen LogP contribution in [-0.4, -0.2) is 170 Å². The van der Waals surface area contributed by atoms with Crippen LogP contribution in [0.4, 0.5) is 17.1 Å². The van der Waals surface area contributed by atoms with Crippen molar-refractivity contribution in [1.29, 1.82) is 0 Å². The molecule has 4 aliphatic rings. The highest BCUT2D eigenvalue weighted by Crippen LogP contribution is 2.33. The lowest BCUT2D eigenvalue weighted by Gasteiger charge is -2.33. The van der Waals surface area contributed by atoms with E-state index < -0.39 is 0 Å². The highest BCUT2D eigenvalue weighted by atomic mass is 16.5. The molecule has 15 heterocycles. The number of methoxy groups -OCH3 is 2. The van der Waals surface area contributed by atoms with Crippen LogP contribution in [0.2, 0.25) is 0 Å². The molecule has 11 aromatic heterocycles. The van der Waals surface area contributed by atoms with E-state index in [1.54, 1.807) is 56.1 Å². The number of benzene rings is 4. The third-order valence-electron chi connectivity index (χ3n) is 21.0. The van der Waals surface area contributed by atoms with E-state index in [2.05, 4.69) is 82.6 Å². The zero-order valence-corrected chi connectivity index (χ0v) is 64.4. The maximum Gasteiger partial charge on any atom is 0.258 e. The number of pyridine rings is 4. The van der Waals surface area contributed by atoms with Gasteiger partial charge in [0.15, 0.2) is 45.9 Å². The third kappa shape index (κ3) is 16.0. The molecular formula is C86H88N18O9. The van der Waals surface area contributed by atoms with E-state index in [0.717, 1.165) is 159 Å². The van der Waals surface area contributed by atoms with Gasteiger partial charge in [-0.05, 0) is 155 Å². The van der Waals surface area contributed by atoms with Crippen LogP contribution in [0.1, 0.15) is 56.8 Å². The monoisotopic (exact) mass is 1520 g/mol. The van der Waals surface area contributed by atoms with Crippen LogP contribution in [0.15, 0.2) is 209 Å². The largest absolute Gasteiger partial charge is 0.493 e. The second-order valence-corrected chi connectivity index (χ2v) is 28.8. The summed E-state index contributed by atoms with van der Waals surface area (Å²) in [5.41, 5.74) is 17.9. The minimum atomic E-state index is -0.115. The van der Waals surface area contributed by atoms with Crippen molar-refractivity contribution in [2.75, 3.05) is 115 Å². The number of nitrogens with zero attached hydrogens (tertiary/aromatic N) is 15. The van der Waals surface area contributed by atoms with Gasteiger partial charge in [-0.25, -0.2) is 34.9 Å². The zero-order chi connectivity index (χ0) is 78.0. The minimum Gasteiger partial charge on any atom is -0.493 e. The number of oxazole rings is 3. The van der Waals surface area contributed by atoms with Crippen molar-refractivity contribution in [3.05, 3.63) is 241 Å². The quantitative estimate of drug-likeness (QED) is 0.0967.